The fourth-order valence-electron chi connectivity index (χ4n) is 5.16. The van der Waals surface area contributed by atoms with E-state index < -0.39 is 6.10 Å². The van der Waals surface area contributed by atoms with E-state index in [9.17, 15) is 5.11 Å². The van der Waals surface area contributed by atoms with Crippen LogP contribution in [0.25, 0.3) is 0 Å². The Kier molecular flexibility index (Phi) is 5.93. The van der Waals surface area contributed by atoms with Crippen LogP contribution in [0.5, 0.6) is 0 Å². The van der Waals surface area contributed by atoms with E-state index >= 15 is 0 Å². The number of allylic oxidation sites excluding steroid dienone is 1. The number of aliphatic hydroxyl groups is 1. The Bertz CT molecular complexity index is 691. The van der Waals surface area contributed by atoms with Crippen molar-refractivity contribution in [1.82, 2.24) is 15.0 Å². The number of hydrogen-bond acceptors (Lipinski definition) is 6. The number of nitrogens with zero attached hydrogens (tertiary/aromatic N) is 3. The van der Waals surface area contributed by atoms with Crippen LogP contribution in [0.4, 0.5) is 0 Å². The number of aromatic nitrogens is 1. The summed E-state index contributed by atoms with van der Waals surface area (Å²) in [6, 6.07) is 2.00. The molecule has 0 spiro atoms. The molecule has 2 bridgehead atoms. The fraction of sp³-hybridized carbons (Fsp3) is 0.773. The molecule has 4 aliphatic rings. The van der Waals surface area contributed by atoms with Crippen LogP contribution in [0.15, 0.2) is 22.2 Å². The lowest BCUT2D eigenvalue weighted by Crippen LogP contribution is -2.49. The van der Waals surface area contributed by atoms with Crippen molar-refractivity contribution in [2.24, 2.45) is 17.3 Å². The van der Waals surface area contributed by atoms with Gasteiger partial charge in [0.25, 0.3) is 0 Å². The Morgan fingerprint density at radius 3 is 2.68 bits per heavy atom. The van der Waals surface area contributed by atoms with Crippen molar-refractivity contribution in [3.05, 3.63) is 29.2 Å². The maximum absolute atomic E-state index is 10.4. The van der Waals surface area contributed by atoms with E-state index in [0.29, 0.717) is 31.1 Å². The van der Waals surface area contributed by atoms with Crippen LogP contribution in [-0.4, -0.2) is 72.1 Å². The van der Waals surface area contributed by atoms with Crippen LogP contribution in [0.3, 0.4) is 0 Å². The predicted octanol–water partition coefficient (Wildman–Crippen LogP) is 2.47. The van der Waals surface area contributed by atoms with Gasteiger partial charge in [0, 0.05) is 45.3 Å². The Labute approximate surface area is 168 Å². The number of aliphatic hydroxyl groups excluding tert-OH is 1. The summed E-state index contributed by atoms with van der Waals surface area (Å²) >= 11 is 0. The average Bonchev–Trinajstić information content (AvgIpc) is 3.08. The molecule has 2 heterocycles. The van der Waals surface area contributed by atoms with Crippen molar-refractivity contribution in [2.45, 2.75) is 46.3 Å². The second-order valence-electron chi connectivity index (χ2n) is 9.50. The summed E-state index contributed by atoms with van der Waals surface area (Å²) in [6.07, 6.45) is 4.48. The molecule has 0 radical (unpaired) electrons. The Morgan fingerprint density at radius 1 is 1.29 bits per heavy atom. The van der Waals surface area contributed by atoms with Crippen molar-refractivity contribution in [1.29, 1.82) is 0 Å². The molecule has 1 aromatic heterocycles. The van der Waals surface area contributed by atoms with E-state index in [4.69, 9.17) is 9.26 Å². The van der Waals surface area contributed by atoms with E-state index in [1.807, 2.05) is 13.0 Å². The number of hydrogen-bond donors (Lipinski definition) is 1. The lowest BCUT2D eigenvalue weighted by Gasteiger charge is -2.56. The lowest BCUT2D eigenvalue weighted by molar-refractivity contribution is -0.0276. The van der Waals surface area contributed by atoms with Gasteiger partial charge in [0.05, 0.1) is 25.0 Å². The minimum Gasteiger partial charge on any atom is -0.389 e. The topological polar surface area (TPSA) is 62.0 Å². The van der Waals surface area contributed by atoms with Gasteiger partial charge in [0.15, 0.2) is 0 Å². The molecule has 1 saturated heterocycles. The van der Waals surface area contributed by atoms with E-state index in [1.165, 1.54) is 18.4 Å². The molecular formula is C22H35N3O3. The van der Waals surface area contributed by atoms with E-state index in [-0.39, 0.29) is 0 Å². The number of ether oxygens (including phenoxy) is 1. The monoisotopic (exact) mass is 389 g/mol. The summed E-state index contributed by atoms with van der Waals surface area (Å²) < 4.78 is 11.0. The third kappa shape index (κ3) is 4.35. The first-order valence-electron chi connectivity index (χ1n) is 10.7. The maximum Gasteiger partial charge on any atom is 0.133 e. The molecule has 3 atom stereocenters. The number of β-amino-alcohol motifs (C(OH)–C–C–N with tert-alkyl or cyclic N) is 1. The zero-order chi connectivity index (χ0) is 19.7. The highest BCUT2D eigenvalue weighted by Crippen LogP contribution is 2.59. The highest BCUT2D eigenvalue weighted by molar-refractivity contribution is 5.23. The van der Waals surface area contributed by atoms with Gasteiger partial charge in [-0.2, -0.15) is 0 Å². The molecule has 1 N–H and O–H groups in total. The zero-order valence-electron chi connectivity index (χ0n) is 17.6. The number of fused-ring (bicyclic) bond motifs is 1. The molecule has 2 fully saturated rings. The van der Waals surface area contributed by atoms with Crippen LogP contribution in [-0.2, 0) is 11.3 Å². The first kappa shape index (κ1) is 20.1. The molecular weight excluding hydrogens is 354 g/mol. The Morgan fingerprint density at radius 2 is 2.04 bits per heavy atom. The van der Waals surface area contributed by atoms with Crippen molar-refractivity contribution in [3.63, 3.8) is 0 Å². The van der Waals surface area contributed by atoms with Gasteiger partial charge in [-0.1, -0.05) is 25.1 Å². The van der Waals surface area contributed by atoms with Crippen molar-refractivity contribution >= 4 is 0 Å². The van der Waals surface area contributed by atoms with Crippen LogP contribution in [0.2, 0.25) is 0 Å². The summed E-state index contributed by atoms with van der Waals surface area (Å²) in [5, 5.41) is 14.5. The summed E-state index contributed by atoms with van der Waals surface area (Å²) in [5.41, 5.74) is 2.89. The van der Waals surface area contributed by atoms with Crippen molar-refractivity contribution in [3.8, 4) is 0 Å². The van der Waals surface area contributed by atoms with E-state index in [1.54, 1.807) is 0 Å². The highest BCUT2D eigenvalue weighted by atomic mass is 16.5. The minimum atomic E-state index is -0.420. The largest absolute Gasteiger partial charge is 0.389 e. The van der Waals surface area contributed by atoms with Gasteiger partial charge in [-0.05, 0) is 42.6 Å². The SMILES string of the molecule is Cc1cc(CN2CCN(CC(O)COCC3=CCC4CC3C4(C)C)CC2)no1. The van der Waals surface area contributed by atoms with Crippen LogP contribution in [0.1, 0.15) is 38.1 Å². The average molecular weight is 390 g/mol. The van der Waals surface area contributed by atoms with Gasteiger partial charge in [0.1, 0.15) is 5.76 Å². The first-order valence-corrected chi connectivity index (χ1v) is 10.7. The van der Waals surface area contributed by atoms with Crippen LogP contribution >= 0.6 is 0 Å². The fourth-order valence-corrected chi connectivity index (χ4v) is 5.16. The summed E-state index contributed by atoms with van der Waals surface area (Å²) in [4.78, 5) is 4.72. The molecule has 6 heteroatoms. The van der Waals surface area contributed by atoms with E-state index in [0.717, 1.165) is 50.1 Å². The normalized spacial score (nSPS) is 28.6. The summed E-state index contributed by atoms with van der Waals surface area (Å²) in [7, 11) is 0. The standard InChI is InChI=1S/C22H35N3O3/c1-16-10-19(23-28-16)12-24-6-8-25(9-7-24)13-20(26)15-27-14-17-4-5-18-11-21(17)22(18,2)3/h4,10,18,20-21,26H,5-9,11-15H2,1-3H3. The molecule has 28 heavy (non-hydrogen) atoms. The minimum absolute atomic E-state index is 0.420. The predicted molar refractivity (Wildman–Crippen MR) is 108 cm³/mol. The van der Waals surface area contributed by atoms with Gasteiger partial charge in [0.2, 0.25) is 0 Å². The second-order valence-corrected chi connectivity index (χ2v) is 9.50. The van der Waals surface area contributed by atoms with Gasteiger partial charge in [-0.15, -0.1) is 0 Å². The lowest BCUT2D eigenvalue weighted by atomic mass is 9.49. The third-order valence-corrected chi connectivity index (χ3v) is 7.16. The molecule has 1 saturated carbocycles. The third-order valence-electron chi connectivity index (χ3n) is 7.16. The van der Waals surface area contributed by atoms with Crippen molar-refractivity contribution in [2.75, 3.05) is 45.9 Å². The molecule has 6 nitrogen and oxygen atoms in total. The zero-order valence-corrected chi connectivity index (χ0v) is 17.6. The summed E-state index contributed by atoms with van der Waals surface area (Å²) in [5.74, 6) is 2.41. The van der Waals surface area contributed by atoms with Gasteiger partial charge >= 0.3 is 0 Å². The molecule has 3 aliphatic carbocycles. The molecule has 5 rings (SSSR count). The number of piperazine rings is 1. The Balaban J connectivity index is 1.12. The highest BCUT2D eigenvalue weighted by Gasteiger charge is 2.50. The molecule has 0 amide bonds. The van der Waals surface area contributed by atoms with Crippen molar-refractivity contribution < 1.29 is 14.4 Å². The van der Waals surface area contributed by atoms with Crippen LogP contribution < -0.4 is 0 Å². The van der Waals surface area contributed by atoms with Gasteiger partial charge in [-0.25, -0.2) is 0 Å². The molecule has 156 valence electrons. The molecule has 1 aliphatic heterocycles. The summed E-state index contributed by atoms with van der Waals surface area (Å²) in [6.45, 7) is 13.2. The smallest absolute Gasteiger partial charge is 0.133 e. The first-order chi connectivity index (χ1) is 13.4. The van der Waals surface area contributed by atoms with Gasteiger partial charge in [-0.3, -0.25) is 9.80 Å². The Hall–Kier alpha value is -1.21. The number of aryl methyl sites for hydroxylation is 1. The maximum atomic E-state index is 10.4. The molecule has 3 unspecified atom stereocenters. The van der Waals surface area contributed by atoms with Crippen LogP contribution in [0, 0.1) is 24.2 Å². The quantitative estimate of drug-likeness (QED) is 0.689. The molecule has 0 aromatic carbocycles. The number of rotatable bonds is 8. The molecule has 1 aromatic rings. The second kappa shape index (κ2) is 8.27. The van der Waals surface area contributed by atoms with Gasteiger partial charge < -0.3 is 14.4 Å². The van der Waals surface area contributed by atoms with E-state index in [2.05, 4.69) is 34.9 Å².